The first-order chi connectivity index (χ1) is 14.1. The second-order valence-electron chi connectivity index (χ2n) is 7.03. The Morgan fingerprint density at radius 1 is 0.966 bits per heavy atom. The van der Waals surface area contributed by atoms with Gasteiger partial charge < -0.3 is 20.1 Å². The molecule has 154 valence electrons. The Bertz CT molecular complexity index is 833. The molecule has 7 heteroatoms. The van der Waals surface area contributed by atoms with Gasteiger partial charge in [0, 0.05) is 37.4 Å². The van der Waals surface area contributed by atoms with Crippen molar-refractivity contribution >= 4 is 17.5 Å². The molecular weight excluding hydrogens is 370 g/mol. The monoisotopic (exact) mass is 397 g/mol. The van der Waals surface area contributed by atoms with Gasteiger partial charge in [0.05, 0.1) is 14.2 Å². The first-order valence-electron chi connectivity index (χ1n) is 9.69. The lowest BCUT2D eigenvalue weighted by Crippen LogP contribution is -2.47. The van der Waals surface area contributed by atoms with E-state index in [0.717, 1.165) is 32.5 Å². The van der Waals surface area contributed by atoms with E-state index < -0.39 is 11.8 Å². The van der Waals surface area contributed by atoms with E-state index >= 15 is 0 Å². The number of hydrogen-bond acceptors (Lipinski definition) is 5. The quantitative estimate of drug-likeness (QED) is 0.732. The summed E-state index contributed by atoms with van der Waals surface area (Å²) in [6, 6.07) is 15.3. The van der Waals surface area contributed by atoms with Gasteiger partial charge in [-0.1, -0.05) is 30.3 Å². The van der Waals surface area contributed by atoms with E-state index in [0.29, 0.717) is 17.2 Å². The molecule has 1 aliphatic heterocycles. The van der Waals surface area contributed by atoms with Crippen molar-refractivity contribution in [2.75, 3.05) is 32.6 Å². The Balaban J connectivity index is 1.46. The molecule has 0 radical (unpaired) electrons. The number of ether oxygens (including phenoxy) is 2. The smallest absolute Gasteiger partial charge is 0.313 e. The van der Waals surface area contributed by atoms with Crippen LogP contribution in [-0.4, -0.2) is 50.1 Å². The minimum atomic E-state index is -0.691. The molecule has 0 spiro atoms. The molecule has 7 nitrogen and oxygen atoms in total. The average Bonchev–Trinajstić information content (AvgIpc) is 2.75. The van der Waals surface area contributed by atoms with Crippen LogP contribution in [0.25, 0.3) is 0 Å². The van der Waals surface area contributed by atoms with Crippen molar-refractivity contribution in [1.29, 1.82) is 0 Å². The van der Waals surface area contributed by atoms with Crippen LogP contribution in [0.5, 0.6) is 11.5 Å². The molecule has 0 saturated carbocycles. The highest BCUT2D eigenvalue weighted by Gasteiger charge is 2.23. The molecule has 1 fully saturated rings. The Hall–Kier alpha value is -3.06. The summed E-state index contributed by atoms with van der Waals surface area (Å²) >= 11 is 0. The van der Waals surface area contributed by atoms with Crippen LogP contribution in [0, 0.1) is 0 Å². The Kier molecular flexibility index (Phi) is 7.08. The standard InChI is InChI=1S/C22H27N3O4/c1-28-19-9-8-18(14-20(19)29-2)24-22(27)21(26)23-17-10-12-25(13-11-17)15-16-6-4-3-5-7-16/h3-9,14,17H,10-13,15H2,1-2H3,(H,23,26)(H,24,27). The van der Waals surface area contributed by atoms with Gasteiger partial charge in [0.2, 0.25) is 0 Å². The van der Waals surface area contributed by atoms with Crippen LogP contribution in [0.15, 0.2) is 48.5 Å². The van der Waals surface area contributed by atoms with Crippen molar-refractivity contribution in [2.45, 2.75) is 25.4 Å². The van der Waals surface area contributed by atoms with Gasteiger partial charge in [0.1, 0.15) is 0 Å². The molecule has 1 heterocycles. The second kappa shape index (κ2) is 9.93. The fraction of sp³-hybridized carbons (Fsp3) is 0.364. The molecule has 0 aliphatic carbocycles. The first-order valence-corrected chi connectivity index (χ1v) is 9.69. The number of likely N-dealkylation sites (tertiary alicyclic amines) is 1. The van der Waals surface area contributed by atoms with Gasteiger partial charge in [-0.3, -0.25) is 14.5 Å². The molecule has 2 aromatic rings. The summed E-state index contributed by atoms with van der Waals surface area (Å²) in [5.41, 5.74) is 1.75. The largest absolute Gasteiger partial charge is 0.493 e. The van der Waals surface area contributed by atoms with Gasteiger partial charge in [0.15, 0.2) is 11.5 Å². The third-order valence-electron chi connectivity index (χ3n) is 5.02. The molecule has 3 rings (SSSR count). The van der Waals surface area contributed by atoms with E-state index in [1.165, 1.54) is 19.8 Å². The van der Waals surface area contributed by atoms with Crippen molar-refractivity contribution in [3.05, 3.63) is 54.1 Å². The maximum atomic E-state index is 12.3. The predicted octanol–water partition coefficient (Wildman–Crippen LogP) is 2.42. The van der Waals surface area contributed by atoms with E-state index in [9.17, 15) is 9.59 Å². The van der Waals surface area contributed by atoms with E-state index in [1.54, 1.807) is 18.2 Å². The highest BCUT2D eigenvalue weighted by molar-refractivity contribution is 6.39. The number of piperidine rings is 1. The summed E-state index contributed by atoms with van der Waals surface area (Å²) in [5, 5.41) is 5.44. The molecule has 2 aromatic carbocycles. The third-order valence-corrected chi connectivity index (χ3v) is 5.02. The van der Waals surface area contributed by atoms with Gasteiger partial charge >= 0.3 is 11.8 Å². The lowest BCUT2D eigenvalue weighted by Gasteiger charge is -2.32. The molecule has 1 aliphatic rings. The minimum absolute atomic E-state index is 0.00526. The van der Waals surface area contributed by atoms with Crippen LogP contribution in [0.1, 0.15) is 18.4 Å². The van der Waals surface area contributed by atoms with Gasteiger partial charge in [-0.25, -0.2) is 0 Å². The summed E-state index contributed by atoms with van der Waals surface area (Å²) in [5.74, 6) is -0.279. The van der Waals surface area contributed by atoms with E-state index in [-0.39, 0.29) is 6.04 Å². The number of benzene rings is 2. The number of rotatable bonds is 6. The van der Waals surface area contributed by atoms with E-state index in [2.05, 4.69) is 27.7 Å². The van der Waals surface area contributed by atoms with E-state index in [4.69, 9.17) is 9.47 Å². The number of carbonyl (C=O) groups excluding carboxylic acids is 2. The van der Waals surface area contributed by atoms with Crippen LogP contribution < -0.4 is 20.1 Å². The summed E-state index contributed by atoms with van der Waals surface area (Å²) < 4.78 is 10.4. The normalized spacial score (nSPS) is 14.8. The van der Waals surface area contributed by atoms with Crippen LogP contribution in [0.4, 0.5) is 5.69 Å². The number of carbonyl (C=O) groups is 2. The zero-order valence-electron chi connectivity index (χ0n) is 16.8. The molecule has 0 aromatic heterocycles. The van der Waals surface area contributed by atoms with E-state index in [1.807, 2.05) is 18.2 Å². The molecule has 2 N–H and O–H groups in total. The third kappa shape index (κ3) is 5.71. The predicted molar refractivity (Wildman–Crippen MR) is 111 cm³/mol. The fourth-order valence-electron chi connectivity index (χ4n) is 3.43. The minimum Gasteiger partial charge on any atom is -0.493 e. The fourth-order valence-corrected chi connectivity index (χ4v) is 3.43. The maximum absolute atomic E-state index is 12.3. The lowest BCUT2D eigenvalue weighted by atomic mass is 10.0. The Labute approximate surface area is 171 Å². The zero-order valence-corrected chi connectivity index (χ0v) is 16.8. The molecular formula is C22H27N3O4. The summed E-state index contributed by atoms with van der Waals surface area (Å²) in [6.07, 6.45) is 1.64. The van der Waals surface area contributed by atoms with Crippen molar-refractivity contribution in [1.82, 2.24) is 10.2 Å². The molecule has 1 saturated heterocycles. The number of anilines is 1. The lowest BCUT2D eigenvalue weighted by molar-refractivity contribution is -0.136. The van der Waals surface area contributed by atoms with Crippen molar-refractivity contribution in [3.8, 4) is 11.5 Å². The molecule has 0 atom stereocenters. The summed E-state index contributed by atoms with van der Waals surface area (Å²) in [4.78, 5) is 26.9. The number of nitrogens with one attached hydrogen (secondary N) is 2. The van der Waals surface area contributed by atoms with Crippen LogP contribution >= 0.6 is 0 Å². The number of methoxy groups -OCH3 is 2. The molecule has 0 unspecified atom stereocenters. The van der Waals surface area contributed by atoms with Crippen LogP contribution in [-0.2, 0) is 16.1 Å². The maximum Gasteiger partial charge on any atom is 0.313 e. The average molecular weight is 397 g/mol. The second-order valence-corrected chi connectivity index (χ2v) is 7.03. The first kappa shape index (κ1) is 20.7. The van der Waals surface area contributed by atoms with Crippen molar-refractivity contribution in [3.63, 3.8) is 0 Å². The van der Waals surface area contributed by atoms with Crippen LogP contribution in [0.2, 0.25) is 0 Å². The molecule has 0 bridgehead atoms. The van der Waals surface area contributed by atoms with Gasteiger partial charge in [-0.2, -0.15) is 0 Å². The Morgan fingerprint density at radius 3 is 2.31 bits per heavy atom. The molecule has 29 heavy (non-hydrogen) atoms. The summed E-state index contributed by atoms with van der Waals surface area (Å²) in [6.45, 7) is 2.68. The van der Waals surface area contributed by atoms with Crippen molar-refractivity contribution < 1.29 is 19.1 Å². The topological polar surface area (TPSA) is 79.9 Å². The SMILES string of the molecule is COc1ccc(NC(=O)C(=O)NC2CCN(Cc3ccccc3)CC2)cc1OC. The van der Waals surface area contributed by atoms with Crippen molar-refractivity contribution in [2.24, 2.45) is 0 Å². The number of hydrogen-bond donors (Lipinski definition) is 2. The van der Waals surface area contributed by atoms with Crippen LogP contribution in [0.3, 0.4) is 0 Å². The summed E-state index contributed by atoms with van der Waals surface area (Å²) in [7, 11) is 3.05. The highest BCUT2D eigenvalue weighted by Crippen LogP contribution is 2.29. The number of nitrogens with zero attached hydrogens (tertiary/aromatic N) is 1. The van der Waals surface area contributed by atoms with Gasteiger partial charge in [-0.05, 0) is 30.5 Å². The molecule has 2 amide bonds. The van der Waals surface area contributed by atoms with Gasteiger partial charge in [-0.15, -0.1) is 0 Å². The number of amides is 2. The Morgan fingerprint density at radius 2 is 1.66 bits per heavy atom. The highest BCUT2D eigenvalue weighted by atomic mass is 16.5. The zero-order chi connectivity index (χ0) is 20.6. The van der Waals surface area contributed by atoms with Gasteiger partial charge in [0.25, 0.3) is 0 Å².